The van der Waals surface area contributed by atoms with Crippen molar-refractivity contribution >= 4 is 17.6 Å². The zero-order chi connectivity index (χ0) is 17.1. The lowest BCUT2D eigenvalue weighted by atomic mass is 10.1. The van der Waals surface area contributed by atoms with E-state index < -0.39 is 0 Å². The largest absolute Gasteiger partial charge is 0.334 e. The lowest BCUT2D eigenvalue weighted by molar-refractivity contribution is -0.120. The van der Waals surface area contributed by atoms with E-state index >= 15 is 0 Å². The molecule has 0 spiro atoms. The van der Waals surface area contributed by atoms with Gasteiger partial charge in [-0.3, -0.25) is 14.5 Å². The van der Waals surface area contributed by atoms with Crippen LogP contribution in [-0.2, 0) is 18.4 Å². The Morgan fingerprint density at radius 3 is 2.83 bits per heavy atom. The molecule has 0 radical (unpaired) electrons. The molecule has 1 aliphatic heterocycles. The summed E-state index contributed by atoms with van der Waals surface area (Å²) in [5.41, 5.74) is 2.80. The summed E-state index contributed by atoms with van der Waals surface area (Å²) in [7, 11) is 1.80. The van der Waals surface area contributed by atoms with Crippen LogP contribution in [0.15, 0.2) is 30.9 Å². The fourth-order valence-corrected chi connectivity index (χ4v) is 2.65. The Hall–Kier alpha value is -2.90. The van der Waals surface area contributed by atoms with Gasteiger partial charge in [-0.1, -0.05) is 0 Å². The molecule has 0 aliphatic carbocycles. The van der Waals surface area contributed by atoms with E-state index in [0.717, 1.165) is 16.8 Å². The van der Waals surface area contributed by atoms with E-state index in [1.165, 1.54) is 4.90 Å². The smallest absolute Gasteiger partial charge is 0.318 e. The average molecular weight is 328 g/mol. The number of rotatable bonds is 3. The first-order valence-corrected chi connectivity index (χ1v) is 7.76. The third kappa shape index (κ3) is 3.37. The molecular weight excluding hydrogens is 308 g/mol. The van der Waals surface area contributed by atoms with E-state index in [2.05, 4.69) is 15.4 Å². The summed E-state index contributed by atoms with van der Waals surface area (Å²) < 4.78 is 1.65. The normalized spacial score (nSPS) is 14.8. The Morgan fingerprint density at radius 1 is 1.33 bits per heavy atom. The molecule has 24 heavy (non-hydrogen) atoms. The zero-order valence-electron chi connectivity index (χ0n) is 13.8. The highest BCUT2D eigenvalue weighted by Gasteiger charge is 2.28. The predicted molar refractivity (Wildman–Crippen MR) is 88.3 cm³/mol. The Bertz CT molecular complexity index is 757. The van der Waals surface area contributed by atoms with Crippen molar-refractivity contribution in [2.45, 2.75) is 13.5 Å². The summed E-state index contributed by atoms with van der Waals surface area (Å²) in [6, 6.07) is 1.64. The second-order valence-electron chi connectivity index (χ2n) is 5.80. The van der Waals surface area contributed by atoms with Crippen LogP contribution in [0, 0.1) is 6.92 Å². The van der Waals surface area contributed by atoms with Gasteiger partial charge in [0.15, 0.2) is 0 Å². The van der Waals surface area contributed by atoms with Gasteiger partial charge in [-0.25, -0.2) is 4.79 Å². The maximum atomic E-state index is 12.3. The molecular formula is C16H20N6O2. The Kier molecular flexibility index (Phi) is 4.45. The highest BCUT2D eigenvalue weighted by Crippen LogP contribution is 2.16. The minimum Gasteiger partial charge on any atom is -0.334 e. The number of amides is 3. The maximum Gasteiger partial charge on any atom is 0.318 e. The number of anilines is 1. The van der Waals surface area contributed by atoms with Crippen molar-refractivity contribution in [3.05, 3.63) is 42.0 Å². The number of nitrogens with one attached hydrogen (secondary N) is 1. The molecule has 8 nitrogen and oxygen atoms in total. The summed E-state index contributed by atoms with van der Waals surface area (Å²) in [4.78, 5) is 31.8. The van der Waals surface area contributed by atoms with Gasteiger partial charge in [-0.05, 0) is 24.1 Å². The third-order valence-electron chi connectivity index (χ3n) is 4.08. The van der Waals surface area contributed by atoms with Crippen LogP contribution in [0.5, 0.6) is 0 Å². The molecule has 0 atom stereocenters. The summed E-state index contributed by atoms with van der Waals surface area (Å²) in [5.74, 6) is -0.107. The fraction of sp³-hybridized carbons (Fsp3) is 0.375. The number of pyridine rings is 1. The van der Waals surface area contributed by atoms with Crippen molar-refractivity contribution in [2.75, 3.05) is 24.5 Å². The molecule has 1 fully saturated rings. The van der Waals surface area contributed by atoms with Crippen molar-refractivity contribution in [3.63, 3.8) is 0 Å². The summed E-state index contributed by atoms with van der Waals surface area (Å²) >= 11 is 0. The second-order valence-corrected chi connectivity index (χ2v) is 5.80. The molecule has 1 aliphatic rings. The van der Waals surface area contributed by atoms with Crippen molar-refractivity contribution in [1.82, 2.24) is 25.0 Å². The van der Waals surface area contributed by atoms with Gasteiger partial charge >= 0.3 is 6.03 Å². The quantitative estimate of drug-likeness (QED) is 0.898. The number of carbonyl (C=O) groups excluding carboxylic acids is 2. The topological polar surface area (TPSA) is 83.4 Å². The lowest BCUT2D eigenvalue weighted by Gasteiger charge is -2.33. The van der Waals surface area contributed by atoms with Crippen molar-refractivity contribution in [2.24, 2.45) is 7.05 Å². The van der Waals surface area contributed by atoms with Gasteiger partial charge < -0.3 is 15.1 Å². The first-order valence-electron chi connectivity index (χ1n) is 7.76. The molecule has 1 N–H and O–H groups in total. The summed E-state index contributed by atoms with van der Waals surface area (Å²) in [6.07, 6.45) is 6.90. The standard InChI is InChI=1S/C16H20N6O2/c1-12-7-17-4-3-13(12)8-18-16(24)21-5-6-22(15(23)11-21)14-9-19-20(2)10-14/h3-4,7,9-10H,5-6,8,11H2,1-2H3,(H,18,24). The molecule has 2 aromatic rings. The lowest BCUT2D eigenvalue weighted by Crippen LogP contribution is -2.54. The molecule has 0 aromatic carbocycles. The molecule has 3 heterocycles. The van der Waals surface area contributed by atoms with Crippen LogP contribution in [0.2, 0.25) is 0 Å². The molecule has 3 rings (SSSR count). The predicted octanol–water partition coefficient (Wildman–Crippen LogP) is 0.682. The second kappa shape index (κ2) is 6.69. The van der Waals surface area contributed by atoms with E-state index in [1.54, 1.807) is 41.4 Å². The van der Waals surface area contributed by atoms with Gasteiger partial charge in [-0.2, -0.15) is 5.10 Å². The highest BCUT2D eigenvalue weighted by molar-refractivity contribution is 5.97. The van der Waals surface area contributed by atoms with E-state index in [4.69, 9.17) is 0 Å². The highest BCUT2D eigenvalue weighted by atomic mass is 16.2. The Balaban J connectivity index is 1.56. The maximum absolute atomic E-state index is 12.3. The third-order valence-corrected chi connectivity index (χ3v) is 4.08. The molecule has 0 bridgehead atoms. The van der Waals surface area contributed by atoms with E-state index in [1.807, 2.05) is 13.0 Å². The van der Waals surface area contributed by atoms with Gasteiger partial charge in [-0.15, -0.1) is 0 Å². The number of aryl methyl sites for hydroxylation is 2. The number of hydrogen-bond donors (Lipinski definition) is 1. The van der Waals surface area contributed by atoms with Crippen LogP contribution in [0.1, 0.15) is 11.1 Å². The molecule has 8 heteroatoms. The number of hydrogen-bond acceptors (Lipinski definition) is 4. The van der Waals surface area contributed by atoms with E-state index in [0.29, 0.717) is 19.6 Å². The van der Waals surface area contributed by atoms with E-state index in [9.17, 15) is 9.59 Å². The van der Waals surface area contributed by atoms with Crippen LogP contribution in [0.3, 0.4) is 0 Å². The Morgan fingerprint density at radius 2 is 2.17 bits per heavy atom. The molecule has 2 aromatic heterocycles. The molecule has 3 amide bonds. The minimum absolute atomic E-state index is 0.0655. The zero-order valence-corrected chi connectivity index (χ0v) is 13.8. The molecule has 0 unspecified atom stereocenters. The average Bonchev–Trinajstić information content (AvgIpc) is 3.00. The van der Waals surface area contributed by atoms with Crippen LogP contribution in [0.4, 0.5) is 10.5 Å². The van der Waals surface area contributed by atoms with Gasteiger partial charge in [0.1, 0.15) is 6.54 Å². The monoisotopic (exact) mass is 328 g/mol. The first kappa shape index (κ1) is 16.0. The SMILES string of the molecule is Cc1cnccc1CNC(=O)N1CCN(c2cnn(C)c2)C(=O)C1. The minimum atomic E-state index is -0.231. The number of aromatic nitrogens is 3. The van der Waals surface area contributed by atoms with Gasteiger partial charge in [0.25, 0.3) is 0 Å². The van der Waals surface area contributed by atoms with Gasteiger partial charge in [0.05, 0.1) is 11.9 Å². The molecule has 0 saturated carbocycles. The van der Waals surface area contributed by atoms with Crippen LogP contribution in [0.25, 0.3) is 0 Å². The fourth-order valence-electron chi connectivity index (χ4n) is 2.65. The number of piperazine rings is 1. The summed E-state index contributed by atoms with van der Waals surface area (Å²) in [6.45, 7) is 3.39. The van der Waals surface area contributed by atoms with Crippen LogP contribution < -0.4 is 10.2 Å². The van der Waals surface area contributed by atoms with Crippen LogP contribution >= 0.6 is 0 Å². The Labute approximate surface area is 140 Å². The summed E-state index contributed by atoms with van der Waals surface area (Å²) in [5, 5.41) is 6.94. The molecule has 126 valence electrons. The van der Waals surface area contributed by atoms with Gasteiger partial charge in [0, 0.05) is 45.3 Å². The number of nitrogens with zero attached hydrogens (tertiary/aromatic N) is 5. The van der Waals surface area contributed by atoms with Crippen molar-refractivity contribution in [3.8, 4) is 0 Å². The van der Waals surface area contributed by atoms with Crippen LogP contribution in [-0.4, -0.2) is 51.2 Å². The van der Waals surface area contributed by atoms with Crippen molar-refractivity contribution < 1.29 is 9.59 Å². The van der Waals surface area contributed by atoms with Crippen molar-refractivity contribution in [1.29, 1.82) is 0 Å². The van der Waals surface area contributed by atoms with E-state index in [-0.39, 0.29) is 18.5 Å². The van der Waals surface area contributed by atoms with Gasteiger partial charge in [0.2, 0.25) is 5.91 Å². The molecule has 1 saturated heterocycles. The number of urea groups is 1. The first-order chi connectivity index (χ1) is 11.5. The number of carbonyl (C=O) groups is 2.